The highest BCUT2D eigenvalue weighted by Crippen LogP contribution is 2.21. The number of hydrogen-bond acceptors (Lipinski definition) is 3. The van der Waals surface area contributed by atoms with Crippen molar-refractivity contribution in [2.45, 2.75) is 38.7 Å². The molecule has 0 aromatic carbocycles. The van der Waals surface area contributed by atoms with Gasteiger partial charge in [-0.15, -0.1) is 11.6 Å². The maximum atomic E-state index is 6.06. The van der Waals surface area contributed by atoms with Crippen molar-refractivity contribution in [2.24, 2.45) is 7.05 Å². The smallest absolute Gasteiger partial charge is 0.158 e. The zero-order valence-corrected chi connectivity index (χ0v) is 13.1. The molecule has 0 atom stereocenters. The minimum atomic E-state index is 0.416. The fraction of sp³-hybridized carbons (Fsp3) is 0.500. The van der Waals surface area contributed by atoms with Crippen LogP contribution in [0.1, 0.15) is 24.9 Å². The molecule has 0 spiro atoms. The summed E-state index contributed by atoms with van der Waals surface area (Å²) >= 11 is 6.06. The Hall–Kier alpha value is -1.82. The van der Waals surface area contributed by atoms with E-state index in [0.717, 1.165) is 48.6 Å². The summed E-state index contributed by atoms with van der Waals surface area (Å²) in [5, 5.41) is 8.76. The minimum absolute atomic E-state index is 0.416. The first-order valence-corrected chi connectivity index (χ1v) is 7.72. The van der Waals surface area contributed by atoms with Gasteiger partial charge in [0.2, 0.25) is 0 Å². The number of alkyl halides is 1. The summed E-state index contributed by atoms with van der Waals surface area (Å²) in [7, 11) is 1.96. The molecule has 0 fully saturated rings. The van der Waals surface area contributed by atoms with Gasteiger partial charge >= 0.3 is 0 Å². The molecule has 112 valence electrons. The summed E-state index contributed by atoms with van der Waals surface area (Å²) in [5.74, 6) is 1.33. The zero-order valence-electron chi connectivity index (χ0n) is 12.3. The Bertz CT molecular complexity index is 724. The van der Waals surface area contributed by atoms with Gasteiger partial charge in [-0.3, -0.25) is 9.36 Å². The van der Waals surface area contributed by atoms with Crippen LogP contribution in [0.2, 0.25) is 0 Å². The quantitative estimate of drug-likeness (QED) is 0.657. The Kier molecular flexibility index (Phi) is 3.96. The second-order valence-electron chi connectivity index (χ2n) is 5.03. The zero-order chi connectivity index (χ0) is 14.8. The largest absolute Gasteiger partial charge is 0.312 e. The van der Waals surface area contributed by atoms with Crippen LogP contribution in [0, 0.1) is 0 Å². The van der Waals surface area contributed by atoms with Gasteiger partial charge in [-0.1, -0.05) is 6.92 Å². The van der Waals surface area contributed by atoms with E-state index in [0.29, 0.717) is 5.88 Å². The molecule has 0 amide bonds. The highest BCUT2D eigenvalue weighted by molar-refractivity contribution is 6.16. The highest BCUT2D eigenvalue weighted by Gasteiger charge is 2.17. The first-order chi connectivity index (χ1) is 10.2. The third-order valence-electron chi connectivity index (χ3n) is 3.65. The topological polar surface area (TPSA) is 53.5 Å². The van der Waals surface area contributed by atoms with Crippen molar-refractivity contribution in [3.05, 3.63) is 30.0 Å². The lowest BCUT2D eigenvalue weighted by Gasteiger charge is -2.08. The van der Waals surface area contributed by atoms with Gasteiger partial charge in [0.1, 0.15) is 11.3 Å². The first-order valence-electron chi connectivity index (χ1n) is 7.19. The lowest BCUT2D eigenvalue weighted by molar-refractivity contribution is 0.521. The molecule has 0 aliphatic carbocycles. The van der Waals surface area contributed by atoms with Gasteiger partial charge in [0.25, 0.3) is 0 Å². The van der Waals surface area contributed by atoms with Crippen molar-refractivity contribution in [2.75, 3.05) is 0 Å². The summed E-state index contributed by atoms with van der Waals surface area (Å²) in [5.41, 5.74) is 3.07. The molecule has 0 bridgehead atoms. The van der Waals surface area contributed by atoms with E-state index in [9.17, 15) is 0 Å². The minimum Gasteiger partial charge on any atom is -0.312 e. The Labute approximate surface area is 128 Å². The van der Waals surface area contributed by atoms with E-state index in [1.807, 2.05) is 28.7 Å². The van der Waals surface area contributed by atoms with Crippen LogP contribution in [0.25, 0.3) is 11.2 Å². The molecule has 21 heavy (non-hydrogen) atoms. The Balaban J connectivity index is 1.87. The van der Waals surface area contributed by atoms with E-state index in [4.69, 9.17) is 11.6 Å². The van der Waals surface area contributed by atoms with Gasteiger partial charge < -0.3 is 4.57 Å². The molecule has 0 radical (unpaired) electrons. The van der Waals surface area contributed by atoms with Crippen LogP contribution in [0.3, 0.4) is 0 Å². The summed E-state index contributed by atoms with van der Waals surface area (Å²) in [6.45, 7) is 3.84. The van der Waals surface area contributed by atoms with Crippen LogP contribution >= 0.6 is 11.6 Å². The van der Waals surface area contributed by atoms with Gasteiger partial charge in [0.05, 0.1) is 11.6 Å². The number of aromatic nitrogens is 6. The van der Waals surface area contributed by atoms with E-state index in [1.165, 1.54) is 0 Å². The molecule has 3 aromatic heterocycles. The fourth-order valence-electron chi connectivity index (χ4n) is 2.69. The normalized spacial score (nSPS) is 11.6. The van der Waals surface area contributed by atoms with Gasteiger partial charge in [-0.2, -0.15) is 10.2 Å². The van der Waals surface area contributed by atoms with Crippen LogP contribution < -0.4 is 0 Å². The second kappa shape index (κ2) is 5.89. The van der Waals surface area contributed by atoms with Gasteiger partial charge in [0.15, 0.2) is 5.65 Å². The van der Waals surface area contributed by atoms with Crippen molar-refractivity contribution in [1.29, 1.82) is 0 Å². The number of fused-ring (bicyclic) bond motifs is 1. The molecule has 0 saturated carbocycles. The Morgan fingerprint density at radius 3 is 2.81 bits per heavy atom. The van der Waals surface area contributed by atoms with Crippen LogP contribution in [-0.4, -0.2) is 29.1 Å². The Morgan fingerprint density at radius 1 is 1.29 bits per heavy atom. The molecule has 6 nitrogen and oxygen atoms in total. The third kappa shape index (κ3) is 2.55. The number of imidazole rings is 1. The molecule has 3 aromatic rings. The van der Waals surface area contributed by atoms with Crippen LogP contribution in [-0.2, 0) is 32.4 Å². The second-order valence-corrected chi connectivity index (χ2v) is 5.30. The maximum Gasteiger partial charge on any atom is 0.158 e. The lowest BCUT2D eigenvalue weighted by Crippen LogP contribution is -2.09. The summed E-state index contributed by atoms with van der Waals surface area (Å²) in [4.78, 5) is 4.66. The van der Waals surface area contributed by atoms with Crippen molar-refractivity contribution >= 4 is 22.8 Å². The van der Waals surface area contributed by atoms with E-state index in [2.05, 4.69) is 26.7 Å². The summed E-state index contributed by atoms with van der Waals surface area (Å²) in [6, 6.07) is 1.94. The molecule has 0 aliphatic heterocycles. The third-order valence-corrected chi connectivity index (χ3v) is 3.89. The van der Waals surface area contributed by atoms with Crippen molar-refractivity contribution in [1.82, 2.24) is 29.1 Å². The standard InChI is InChI=1S/C14H19ClN6/c1-3-11-13-14(19(2)18-11)21(12(10-15)17-13)9-5-8-20-7-4-6-16-20/h4,6-7H,3,5,8-10H2,1-2H3. The molecule has 3 heterocycles. The van der Waals surface area contributed by atoms with Gasteiger partial charge in [-0.25, -0.2) is 4.98 Å². The first kappa shape index (κ1) is 14.1. The van der Waals surface area contributed by atoms with Crippen LogP contribution in [0.4, 0.5) is 0 Å². The number of hydrogen-bond donors (Lipinski definition) is 0. The molecular weight excluding hydrogens is 288 g/mol. The van der Waals surface area contributed by atoms with Gasteiger partial charge in [0, 0.05) is 32.5 Å². The average molecular weight is 307 g/mol. The summed E-state index contributed by atoms with van der Waals surface area (Å²) < 4.78 is 6.03. The fourth-order valence-corrected chi connectivity index (χ4v) is 2.89. The molecule has 0 aliphatic rings. The van der Waals surface area contributed by atoms with Crippen molar-refractivity contribution < 1.29 is 0 Å². The number of halogens is 1. The predicted octanol–water partition coefficient (Wildman–Crippen LogP) is 2.36. The van der Waals surface area contributed by atoms with E-state index in [-0.39, 0.29) is 0 Å². The molecular formula is C14H19ClN6. The highest BCUT2D eigenvalue weighted by atomic mass is 35.5. The maximum absolute atomic E-state index is 6.06. The van der Waals surface area contributed by atoms with Crippen molar-refractivity contribution in [3.63, 3.8) is 0 Å². The number of nitrogens with zero attached hydrogens (tertiary/aromatic N) is 6. The SMILES string of the molecule is CCc1nn(C)c2c1nc(CCl)n2CCCn1cccn1. The molecule has 7 heteroatoms. The van der Waals surface area contributed by atoms with Crippen LogP contribution in [0.15, 0.2) is 18.5 Å². The van der Waals surface area contributed by atoms with Gasteiger partial charge in [-0.05, 0) is 18.9 Å². The Morgan fingerprint density at radius 2 is 2.14 bits per heavy atom. The monoisotopic (exact) mass is 306 g/mol. The number of rotatable bonds is 6. The van der Waals surface area contributed by atoms with Crippen LogP contribution in [0.5, 0.6) is 0 Å². The molecule has 0 N–H and O–H groups in total. The average Bonchev–Trinajstić information content (AvgIpc) is 3.17. The lowest BCUT2D eigenvalue weighted by atomic mass is 10.3. The molecule has 0 unspecified atom stereocenters. The van der Waals surface area contributed by atoms with Crippen molar-refractivity contribution in [3.8, 4) is 0 Å². The van der Waals surface area contributed by atoms with E-state index in [1.54, 1.807) is 6.20 Å². The van der Waals surface area contributed by atoms with E-state index < -0.39 is 0 Å². The van der Waals surface area contributed by atoms with E-state index >= 15 is 0 Å². The summed E-state index contributed by atoms with van der Waals surface area (Å²) in [6.07, 6.45) is 5.63. The predicted molar refractivity (Wildman–Crippen MR) is 82.3 cm³/mol. The molecule has 3 rings (SSSR count). The number of aryl methyl sites for hydroxylation is 4. The molecule has 0 saturated heterocycles.